The fourth-order valence-electron chi connectivity index (χ4n) is 4.10. The summed E-state index contributed by atoms with van der Waals surface area (Å²) in [6.07, 6.45) is 1.88. The lowest BCUT2D eigenvalue weighted by molar-refractivity contribution is 0.129. The molecule has 0 aliphatic carbocycles. The maximum atomic E-state index is 15.1. The highest BCUT2D eigenvalue weighted by molar-refractivity contribution is 5.90. The number of nitrogens with one attached hydrogen (secondary N) is 2. The highest BCUT2D eigenvalue weighted by Gasteiger charge is 2.34. The van der Waals surface area contributed by atoms with Crippen LogP contribution in [-0.4, -0.2) is 76.1 Å². The molecular formula is C21H23F2N9O4. The van der Waals surface area contributed by atoms with Gasteiger partial charge < -0.3 is 14.2 Å². The van der Waals surface area contributed by atoms with Gasteiger partial charge in [-0.25, -0.2) is 28.5 Å². The summed E-state index contributed by atoms with van der Waals surface area (Å²) in [5, 5.41) is 15.1. The van der Waals surface area contributed by atoms with Crippen LogP contribution in [0.3, 0.4) is 0 Å². The first-order valence-corrected chi connectivity index (χ1v) is 11.2. The van der Waals surface area contributed by atoms with Crippen LogP contribution in [0.15, 0.2) is 35.1 Å². The van der Waals surface area contributed by atoms with Crippen molar-refractivity contribution in [1.29, 1.82) is 0 Å². The minimum absolute atomic E-state index is 0.0520. The molecule has 3 aromatic rings. The van der Waals surface area contributed by atoms with Gasteiger partial charge in [-0.3, -0.25) is 15.2 Å². The van der Waals surface area contributed by atoms with Gasteiger partial charge in [0.15, 0.2) is 11.6 Å². The molecule has 2 fully saturated rings. The third-order valence-electron chi connectivity index (χ3n) is 5.75. The predicted octanol–water partition coefficient (Wildman–Crippen LogP) is 1.74. The third kappa shape index (κ3) is 4.91. The number of rotatable bonds is 5. The molecule has 13 nitrogen and oxygen atoms in total. The number of hydrogen-bond acceptors (Lipinski definition) is 9. The Labute approximate surface area is 203 Å². The minimum atomic E-state index is -0.826. The fourth-order valence-corrected chi connectivity index (χ4v) is 4.10. The van der Waals surface area contributed by atoms with Gasteiger partial charge >= 0.3 is 12.1 Å². The van der Waals surface area contributed by atoms with Crippen molar-refractivity contribution in [3.05, 3.63) is 47.9 Å². The van der Waals surface area contributed by atoms with Crippen LogP contribution >= 0.6 is 0 Å². The summed E-state index contributed by atoms with van der Waals surface area (Å²) in [7, 11) is 0. The number of anilines is 3. The summed E-state index contributed by atoms with van der Waals surface area (Å²) in [6, 6.07) is 3.29. The Bertz CT molecular complexity index is 1230. The number of hydrazine groups is 1. The second kappa shape index (κ2) is 9.77. The zero-order valence-corrected chi connectivity index (χ0v) is 19.2. The lowest BCUT2D eigenvalue weighted by Gasteiger charge is -2.25. The maximum Gasteiger partial charge on any atom is 0.414 e. The highest BCUT2D eigenvalue weighted by atomic mass is 19.1. The van der Waals surface area contributed by atoms with Crippen molar-refractivity contribution >= 4 is 29.4 Å². The van der Waals surface area contributed by atoms with Gasteiger partial charge in [-0.15, -0.1) is 5.10 Å². The number of carbonyl (C=O) groups is 2. The maximum absolute atomic E-state index is 15.1. The van der Waals surface area contributed by atoms with Gasteiger partial charge in [-0.05, 0) is 6.92 Å². The molecule has 190 valence electrons. The Balaban J connectivity index is 1.25. The van der Waals surface area contributed by atoms with E-state index in [0.29, 0.717) is 5.69 Å². The van der Waals surface area contributed by atoms with Crippen molar-refractivity contribution in [2.75, 3.05) is 47.8 Å². The number of carbonyl (C=O) groups excluding carboxylic acids is 2. The molecule has 2 aromatic heterocycles. The number of hydrogen-bond donors (Lipinski definition) is 2. The summed E-state index contributed by atoms with van der Waals surface area (Å²) in [4.78, 5) is 27.5. The molecule has 5 rings (SSSR count). The second-order valence-corrected chi connectivity index (χ2v) is 8.31. The molecule has 2 aliphatic heterocycles. The number of nitrogens with zero attached hydrogens (tertiary/aromatic N) is 7. The number of amides is 3. The summed E-state index contributed by atoms with van der Waals surface area (Å²) < 4.78 is 42.1. The van der Waals surface area contributed by atoms with E-state index in [1.54, 1.807) is 19.2 Å². The molecule has 3 amide bonds. The van der Waals surface area contributed by atoms with Gasteiger partial charge in [-0.2, -0.15) is 0 Å². The number of benzene rings is 1. The van der Waals surface area contributed by atoms with Crippen molar-refractivity contribution in [2.24, 2.45) is 0 Å². The first kappa shape index (κ1) is 23.5. The monoisotopic (exact) mass is 503 g/mol. The Kier molecular flexibility index (Phi) is 6.37. The molecule has 4 heterocycles. The number of halogens is 2. The molecule has 1 atom stereocenters. The van der Waals surface area contributed by atoms with E-state index in [1.165, 1.54) is 25.7 Å². The van der Waals surface area contributed by atoms with E-state index in [9.17, 15) is 9.59 Å². The van der Waals surface area contributed by atoms with Crippen LogP contribution in [0, 0.1) is 18.6 Å². The van der Waals surface area contributed by atoms with Crippen LogP contribution in [0.2, 0.25) is 0 Å². The zero-order valence-electron chi connectivity index (χ0n) is 19.2. The van der Waals surface area contributed by atoms with Crippen LogP contribution in [0.25, 0.3) is 0 Å². The summed E-state index contributed by atoms with van der Waals surface area (Å²) in [6.45, 7) is 2.90. The van der Waals surface area contributed by atoms with Gasteiger partial charge in [0.25, 0.3) is 0 Å². The zero-order chi connectivity index (χ0) is 25.2. The highest BCUT2D eigenvalue weighted by Crippen LogP contribution is 2.31. The van der Waals surface area contributed by atoms with Gasteiger partial charge in [0.05, 0.1) is 37.2 Å². The normalized spacial score (nSPS) is 18.4. The lowest BCUT2D eigenvalue weighted by Crippen LogP contribution is -2.45. The fraction of sp³-hybridized carbons (Fsp3) is 0.381. The number of aryl methyl sites for hydroxylation is 1. The van der Waals surface area contributed by atoms with Crippen LogP contribution in [0.1, 0.15) is 5.69 Å². The molecule has 0 spiro atoms. The molecule has 2 aliphatic rings. The molecule has 36 heavy (non-hydrogen) atoms. The molecule has 2 saturated heterocycles. The van der Waals surface area contributed by atoms with E-state index in [2.05, 4.69) is 26.2 Å². The second-order valence-electron chi connectivity index (χ2n) is 8.31. The first-order valence-electron chi connectivity index (χ1n) is 11.2. The van der Waals surface area contributed by atoms with Crippen molar-refractivity contribution in [3.63, 3.8) is 0 Å². The summed E-state index contributed by atoms with van der Waals surface area (Å²) >= 11 is 0. The quantitative estimate of drug-likeness (QED) is 0.534. The SMILES string of the molecule is Cc1cc(NC(=O)N2CCN(c3c(F)cc(N4C[C@H](Cn5ccnn5)OC4=O)cc3F)CCN2)on1. The number of aromatic nitrogens is 4. The molecule has 1 aromatic carbocycles. The van der Waals surface area contributed by atoms with E-state index in [0.717, 1.165) is 12.1 Å². The van der Waals surface area contributed by atoms with Crippen molar-refractivity contribution in [2.45, 2.75) is 19.6 Å². The van der Waals surface area contributed by atoms with E-state index < -0.39 is 29.9 Å². The van der Waals surface area contributed by atoms with Crippen LogP contribution in [0.4, 0.5) is 35.6 Å². The molecule has 2 N–H and O–H groups in total. The average Bonchev–Trinajstić information content (AvgIpc) is 3.53. The molecule has 0 saturated carbocycles. The van der Waals surface area contributed by atoms with Crippen LogP contribution < -0.4 is 20.5 Å². The number of ether oxygens (including phenoxy) is 1. The predicted molar refractivity (Wildman–Crippen MR) is 121 cm³/mol. The molecule has 0 bridgehead atoms. The van der Waals surface area contributed by atoms with Crippen LogP contribution in [0.5, 0.6) is 0 Å². The van der Waals surface area contributed by atoms with Gasteiger partial charge in [0, 0.05) is 44.0 Å². The van der Waals surface area contributed by atoms with E-state index in [4.69, 9.17) is 9.26 Å². The summed E-state index contributed by atoms with van der Waals surface area (Å²) in [5.74, 6) is -1.46. The Hall–Kier alpha value is -4.27. The van der Waals surface area contributed by atoms with E-state index >= 15 is 8.78 Å². The van der Waals surface area contributed by atoms with Gasteiger partial charge in [0.2, 0.25) is 5.88 Å². The third-order valence-corrected chi connectivity index (χ3v) is 5.75. The first-order chi connectivity index (χ1) is 17.4. The summed E-state index contributed by atoms with van der Waals surface area (Å²) in [5.41, 5.74) is 3.35. The van der Waals surface area contributed by atoms with Gasteiger partial charge in [-0.1, -0.05) is 10.4 Å². The molecule has 15 heteroatoms. The molecule has 0 unspecified atom stereocenters. The topological polar surface area (TPSA) is 134 Å². The Morgan fingerprint density at radius 2 is 2.03 bits per heavy atom. The van der Waals surface area contributed by atoms with Crippen LogP contribution in [-0.2, 0) is 11.3 Å². The Morgan fingerprint density at radius 1 is 1.22 bits per heavy atom. The van der Waals surface area contributed by atoms with Crippen molar-refractivity contribution in [1.82, 2.24) is 30.6 Å². The number of cyclic esters (lactones) is 1. The number of urea groups is 1. The van der Waals surface area contributed by atoms with E-state index in [-0.39, 0.29) is 56.5 Å². The van der Waals surface area contributed by atoms with Crippen molar-refractivity contribution < 1.29 is 27.6 Å². The lowest BCUT2D eigenvalue weighted by atomic mass is 10.2. The average molecular weight is 503 g/mol. The van der Waals surface area contributed by atoms with Gasteiger partial charge in [0.1, 0.15) is 11.8 Å². The standard InChI is InChI=1S/C21H23F2N9O4/c1-13-8-18(36-27-13)26-20(33)32-7-6-29(4-3-25-32)19-16(22)9-14(10-17(19)23)31-12-15(35-21(31)34)11-30-5-2-24-28-30/h2,5,8-10,15,25H,3-4,6-7,11-12H2,1H3,(H,26,33)/t15-/m0/s1. The minimum Gasteiger partial charge on any atom is -0.442 e. The van der Waals surface area contributed by atoms with Crippen molar-refractivity contribution in [3.8, 4) is 0 Å². The van der Waals surface area contributed by atoms with E-state index in [1.807, 2.05) is 0 Å². The molecular weight excluding hydrogens is 480 g/mol. The molecule has 0 radical (unpaired) electrons. The largest absolute Gasteiger partial charge is 0.442 e. The smallest absolute Gasteiger partial charge is 0.414 e. The Morgan fingerprint density at radius 3 is 2.72 bits per heavy atom.